The van der Waals surface area contributed by atoms with E-state index in [4.69, 9.17) is 9.73 Å². The first-order valence-corrected chi connectivity index (χ1v) is 10.1. The van der Waals surface area contributed by atoms with Crippen molar-refractivity contribution >= 4 is 29.9 Å². The zero-order valence-corrected chi connectivity index (χ0v) is 19.7. The number of nitrogens with one attached hydrogen (secondary N) is 2. The Labute approximate surface area is 177 Å². The second-order valence-corrected chi connectivity index (χ2v) is 7.81. The van der Waals surface area contributed by atoms with Crippen LogP contribution in [-0.4, -0.2) is 86.9 Å². The van der Waals surface area contributed by atoms with Crippen LogP contribution in [0.4, 0.5) is 0 Å². The average molecular weight is 481 g/mol. The van der Waals surface area contributed by atoms with E-state index in [0.29, 0.717) is 18.0 Å². The largest absolute Gasteiger partial charge is 0.379 e. The van der Waals surface area contributed by atoms with E-state index in [1.54, 1.807) is 0 Å². The van der Waals surface area contributed by atoms with E-state index in [2.05, 4.69) is 55.2 Å². The van der Waals surface area contributed by atoms with Crippen molar-refractivity contribution in [1.29, 1.82) is 0 Å². The van der Waals surface area contributed by atoms with Gasteiger partial charge in [-0.05, 0) is 39.7 Å². The molecule has 26 heavy (non-hydrogen) atoms. The highest BCUT2D eigenvalue weighted by molar-refractivity contribution is 14.0. The summed E-state index contributed by atoms with van der Waals surface area (Å²) in [6.07, 6.45) is 2.70. The number of morpholine rings is 1. The van der Waals surface area contributed by atoms with E-state index >= 15 is 0 Å². The maximum absolute atomic E-state index is 5.50. The normalized spacial score (nSPS) is 21.4. The molecule has 2 aliphatic rings. The lowest BCUT2D eigenvalue weighted by molar-refractivity contribution is 0.00867. The highest BCUT2D eigenvalue weighted by Crippen LogP contribution is 2.26. The zero-order chi connectivity index (χ0) is 18.2. The van der Waals surface area contributed by atoms with Gasteiger partial charge in [-0.25, -0.2) is 0 Å². The predicted molar refractivity (Wildman–Crippen MR) is 121 cm³/mol. The lowest BCUT2D eigenvalue weighted by Gasteiger charge is -2.36. The first-order chi connectivity index (χ1) is 12.0. The fourth-order valence-electron chi connectivity index (χ4n) is 3.41. The topological polar surface area (TPSA) is 52.1 Å². The monoisotopic (exact) mass is 481 g/mol. The van der Waals surface area contributed by atoms with Gasteiger partial charge in [-0.2, -0.15) is 0 Å². The smallest absolute Gasteiger partial charge is 0.191 e. The Balaban J connectivity index is 0.00000338. The Hall–Kier alpha value is -0.120. The Bertz CT molecular complexity index is 411. The van der Waals surface area contributed by atoms with Crippen LogP contribution in [0.15, 0.2) is 4.99 Å². The second-order valence-electron chi connectivity index (χ2n) is 7.81. The number of aliphatic imine (C=N–C) groups is 1. The number of likely N-dealkylation sites (N-methyl/N-ethyl adjacent to an activating group) is 1. The number of halogens is 1. The predicted octanol–water partition coefficient (Wildman–Crippen LogP) is 2.00. The standard InChI is InChI=1S/C19H39N5O.HI/c1-6-20-19(21-13-16(4)23(5)17-7-8-17)22-14-18(15(2)3)24-9-11-25-12-10-24;/h15-18H,6-14H2,1-5H3,(H2,20,21,22);1H. The van der Waals surface area contributed by atoms with Gasteiger partial charge in [0, 0.05) is 44.3 Å². The summed E-state index contributed by atoms with van der Waals surface area (Å²) in [4.78, 5) is 9.92. The van der Waals surface area contributed by atoms with Crippen molar-refractivity contribution in [3.8, 4) is 0 Å². The molecule has 154 valence electrons. The van der Waals surface area contributed by atoms with Gasteiger partial charge in [0.1, 0.15) is 0 Å². The van der Waals surface area contributed by atoms with Crippen molar-refractivity contribution in [2.75, 3.05) is 53.0 Å². The van der Waals surface area contributed by atoms with Crippen LogP contribution in [0.3, 0.4) is 0 Å². The lowest BCUT2D eigenvalue weighted by Crippen LogP contribution is -2.49. The van der Waals surface area contributed by atoms with Crippen molar-refractivity contribution in [1.82, 2.24) is 20.4 Å². The molecule has 2 atom stereocenters. The van der Waals surface area contributed by atoms with Crippen LogP contribution in [0, 0.1) is 5.92 Å². The molecule has 0 aromatic rings. The maximum Gasteiger partial charge on any atom is 0.191 e. The molecule has 7 heteroatoms. The maximum atomic E-state index is 5.50. The fraction of sp³-hybridized carbons (Fsp3) is 0.947. The number of guanidine groups is 1. The van der Waals surface area contributed by atoms with Gasteiger partial charge in [0.05, 0.1) is 19.8 Å². The highest BCUT2D eigenvalue weighted by Gasteiger charge is 2.29. The summed E-state index contributed by atoms with van der Waals surface area (Å²) in [7, 11) is 2.24. The van der Waals surface area contributed by atoms with Gasteiger partial charge in [-0.1, -0.05) is 13.8 Å². The van der Waals surface area contributed by atoms with Gasteiger partial charge in [0.25, 0.3) is 0 Å². The number of ether oxygens (including phenoxy) is 1. The molecule has 0 spiro atoms. The molecule has 2 N–H and O–H groups in total. The Morgan fingerprint density at radius 1 is 1.19 bits per heavy atom. The Morgan fingerprint density at radius 2 is 1.85 bits per heavy atom. The van der Waals surface area contributed by atoms with Crippen LogP contribution in [0.1, 0.15) is 40.5 Å². The van der Waals surface area contributed by atoms with E-state index < -0.39 is 0 Å². The van der Waals surface area contributed by atoms with Gasteiger partial charge in [-0.15, -0.1) is 24.0 Å². The summed E-state index contributed by atoms with van der Waals surface area (Å²) in [6.45, 7) is 15.4. The van der Waals surface area contributed by atoms with E-state index in [-0.39, 0.29) is 24.0 Å². The molecule has 0 bridgehead atoms. The molecule has 0 amide bonds. The lowest BCUT2D eigenvalue weighted by atomic mass is 10.0. The minimum Gasteiger partial charge on any atom is -0.379 e. The molecule has 0 aromatic carbocycles. The minimum absolute atomic E-state index is 0. The molecule has 1 aliphatic carbocycles. The van der Waals surface area contributed by atoms with Gasteiger partial charge in [-0.3, -0.25) is 14.8 Å². The molecule has 1 saturated carbocycles. The van der Waals surface area contributed by atoms with Crippen LogP contribution in [0.25, 0.3) is 0 Å². The summed E-state index contributed by atoms with van der Waals surface area (Å²) < 4.78 is 5.50. The quantitative estimate of drug-likeness (QED) is 0.300. The molecule has 2 fully saturated rings. The summed E-state index contributed by atoms with van der Waals surface area (Å²) in [5.74, 6) is 1.53. The first-order valence-electron chi connectivity index (χ1n) is 10.1. The van der Waals surface area contributed by atoms with Crippen molar-refractivity contribution in [2.45, 2.75) is 58.7 Å². The molecule has 0 aromatic heterocycles. The molecule has 1 heterocycles. The third-order valence-electron chi connectivity index (χ3n) is 5.45. The van der Waals surface area contributed by atoms with Crippen molar-refractivity contribution in [3.05, 3.63) is 0 Å². The number of nitrogens with zero attached hydrogens (tertiary/aromatic N) is 3. The van der Waals surface area contributed by atoms with E-state index in [1.165, 1.54) is 12.8 Å². The SMILES string of the molecule is CCNC(=NCC(C(C)C)N1CCOCC1)NCC(C)N(C)C1CC1.I. The van der Waals surface area contributed by atoms with Gasteiger partial charge < -0.3 is 15.4 Å². The van der Waals surface area contributed by atoms with Crippen molar-refractivity contribution < 1.29 is 4.74 Å². The number of hydrogen-bond donors (Lipinski definition) is 2. The molecular weight excluding hydrogens is 441 g/mol. The Morgan fingerprint density at radius 3 is 2.38 bits per heavy atom. The van der Waals surface area contributed by atoms with Crippen LogP contribution >= 0.6 is 24.0 Å². The number of hydrogen-bond acceptors (Lipinski definition) is 4. The summed E-state index contributed by atoms with van der Waals surface area (Å²) >= 11 is 0. The third kappa shape index (κ3) is 7.86. The second kappa shape index (κ2) is 12.4. The van der Waals surface area contributed by atoms with E-state index in [9.17, 15) is 0 Å². The van der Waals surface area contributed by atoms with Crippen LogP contribution in [0.2, 0.25) is 0 Å². The summed E-state index contributed by atoms with van der Waals surface area (Å²) in [5.41, 5.74) is 0. The fourth-order valence-corrected chi connectivity index (χ4v) is 3.41. The molecule has 1 saturated heterocycles. The van der Waals surface area contributed by atoms with Crippen molar-refractivity contribution in [3.63, 3.8) is 0 Å². The van der Waals surface area contributed by atoms with E-state index in [1.807, 2.05) is 0 Å². The van der Waals surface area contributed by atoms with E-state index in [0.717, 1.165) is 57.9 Å². The first kappa shape index (κ1) is 23.9. The summed E-state index contributed by atoms with van der Waals surface area (Å²) in [6, 6.07) is 1.80. The highest BCUT2D eigenvalue weighted by atomic mass is 127. The van der Waals surface area contributed by atoms with Gasteiger partial charge in [0.15, 0.2) is 5.96 Å². The zero-order valence-electron chi connectivity index (χ0n) is 17.3. The van der Waals surface area contributed by atoms with Crippen LogP contribution in [0.5, 0.6) is 0 Å². The Kier molecular flexibility index (Phi) is 11.4. The number of rotatable bonds is 9. The molecule has 6 nitrogen and oxygen atoms in total. The van der Waals surface area contributed by atoms with Crippen molar-refractivity contribution in [2.24, 2.45) is 10.9 Å². The third-order valence-corrected chi connectivity index (χ3v) is 5.45. The molecule has 0 radical (unpaired) electrons. The molecule has 1 aliphatic heterocycles. The average Bonchev–Trinajstić information content (AvgIpc) is 3.44. The van der Waals surface area contributed by atoms with Crippen LogP contribution < -0.4 is 10.6 Å². The molecule has 2 rings (SSSR count). The molecular formula is C19H40IN5O. The van der Waals surface area contributed by atoms with Gasteiger partial charge in [0.2, 0.25) is 0 Å². The molecule has 2 unspecified atom stereocenters. The van der Waals surface area contributed by atoms with Crippen LogP contribution in [-0.2, 0) is 4.74 Å². The minimum atomic E-state index is 0. The summed E-state index contributed by atoms with van der Waals surface area (Å²) in [5, 5.41) is 6.93. The van der Waals surface area contributed by atoms with Gasteiger partial charge >= 0.3 is 0 Å².